The van der Waals surface area contributed by atoms with Crippen LogP contribution in [-0.4, -0.2) is 47.3 Å². The van der Waals surface area contributed by atoms with Crippen molar-refractivity contribution in [3.05, 3.63) is 0 Å². The van der Waals surface area contributed by atoms with Gasteiger partial charge in [-0.2, -0.15) is 5.26 Å². The molecule has 19 heavy (non-hydrogen) atoms. The van der Waals surface area contributed by atoms with Crippen molar-refractivity contribution in [2.24, 2.45) is 11.8 Å². The Balaban J connectivity index is 1.75. The van der Waals surface area contributed by atoms with E-state index in [1.54, 1.807) is 0 Å². The van der Waals surface area contributed by atoms with Gasteiger partial charge in [0.15, 0.2) is 0 Å². The number of rotatable bonds is 3. The van der Waals surface area contributed by atoms with E-state index in [4.69, 9.17) is 10.4 Å². The van der Waals surface area contributed by atoms with Crippen LogP contribution in [0.2, 0.25) is 0 Å². The van der Waals surface area contributed by atoms with Crippen molar-refractivity contribution in [2.45, 2.75) is 24.9 Å². The molecule has 104 valence electrons. The number of carboxylic acids is 1. The Labute approximate surface area is 110 Å². The Morgan fingerprint density at radius 2 is 2.21 bits per heavy atom. The first-order valence-electron chi connectivity index (χ1n) is 6.28. The maximum absolute atomic E-state index is 14.3. The van der Waals surface area contributed by atoms with E-state index in [1.165, 1.54) is 4.90 Å². The van der Waals surface area contributed by atoms with Crippen LogP contribution >= 0.6 is 0 Å². The quantitative estimate of drug-likeness (QED) is 0.790. The van der Waals surface area contributed by atoms with Gasteiger partial charge < -0.3 is 15.3 Å². The lowest BCUT2D eigenvalue weighted by Gasteiger charge is -2.35. The molecule has 1 aliphatic carbocycles. The standard InChI is InChI=1S/C12H16FN3O3/c13-12(2-1-9(3-12)10(17)18)7-15-11(19)16-5-8(4-14)6-16/h8-9H,1-3,5-7H2,(H,15,19)(H,17,18)/t9-,12-/m1/s1. The molecule has 1 saturated heterocycles. The minimum Gasteiger partial charge on any atom is -0.481 e. The number of nitrogens with one attached hydrogen (secondary N) is 1. The number of nitriles is 1. The predicted molar refractivity (Wildman–Crippen MR) is 62.9 cm³/mol. The number of halogens is 1. The average molecular weight is 269 g/mol. The van der Waals surface area contributed by atoms with Crippen LogP contribution in [0.5, 0.6) is 0 Å². The number of amides is 2. The first kappa shape index (κ1) is 13.6. The first-order valence-corrected chi connectivity index (χ1v) is 6.28. The largest absolute Gasteiger partial charge is 0.481 e. The second kappa shape index (κ2) is 5.03. The molecule has 1 saturated carbocycles. The number of hydrogen-bond acceptors (Lipinski definition) is 3. The molecule has 0 radical (unpaired) electrons. The molecule has 6 nitrogen and oxygen atoms in total. The van der Waals surface area contributed by atoms with Gasteiger partial charge in [0.05, 0.1) is 24.4 Å². The van der Waals surface area contributed by atoms with Gasteiger partial charge in [0.2, 0.25) is 0 Å². The maximum Gasteiger partial charge on any atom is 0.317 e. The Morgan fingerprint density at radius 3 is 2.74 bits per heavy atom. The van der Waals surface area contributed by atoms with Gasteiger partial charge in [0, 0.05) is 13.1 Å². The number of likely N-dealkylation sites (tertiary alicyclic amines) is 1. The molecule has 0 unspecified atom stereocenters. The van der Waals surface area contributed by atoms with Crippen LogP contribution in [0, 0.1) is 23.2 Å². The number of alkyl halides is 1. The van der Waals surface area contributed by atoms with Crippen molar-refractivity contribution in [2.75, 3.05) is 19.6 Å². The predicted octanol–water partition coefficient (Wildman–Crippen LogP) is 0.744. The fraction of sp³-hybridized carbons (Fsp3) is 0.750. The second-order valence-electron chi connectivity index (χ2n) is 5.32. The lowest BCUT2D eigenvalue weighted by atomic mass is 10.0. The minimum absolute atomic E-state index is 0.0521. The SMILES string of the molecule is N#CC1CN(C(=O)NC[C@@]2(F)CC[C@@H](C(=O)O)C2)C1. The van der Waals surface area contributed by atoms with E-state index < -0.39 is 17.6 Å². The molecule has 2 amide bonds. The Hall–Kier alpha value is -1.84. The van der Waals surface area contributed by atoms with Gasteiger partial charge in [-0.3, -0.25) is 4.79 Å². The van der Waals surface area contributed by atoms with Crippen molar-refractivity contribution < 1.29 is 19.1 Å². The zero-order valence-electron chi connectivity index (χ0n) is 10.4. The number of carboxylic acid groups (broad SMARTS) is 1. The van der Waals surface area contributed by atoms with E-state index in [1.807, 2.05) is 6.07 Å². The summed E-state index contributed by atoms with van der Waals surface area (Å²) in [4.78, 5) is 23.8. The summed E-state index contributed by atoms with van der Waals surface area (Å²) < 4.78 is 14.3. The monoisotopic (exact) mass is 269 g/mol. The van der Waals surface area contributed by atoms with Gasteiger partial charge in [-0.1, -0.05) is 0 Å². The van der Waals surface area contributed by atoms with E-state index >= 15 is 0 Å². The van der Waals surface area contributed by atoms with Crippen LogP contribution in [0.4, 0.5) is 9.18 Å². The van der Waals surface area contributed by atoms with E-state index in [9.17, 15) is 14.0 Å². The number of aliphatic carboxylic acids is 1. The summed E-state index contributed by atoms with van der Waals surface area (Å²) in [5, 5.41) is 19.9. The summed E-state index contributed by atoms with van der Waals surface area (Å²) in [6.07, 6.45) is 0.413. The molecular formula is C12H16FN3O3. The van der Waals surface area contributed by atoms with Crippen LogP contribution in [0.3, 0.4) is 0 Å². The maximum atomic E-state index is 14.3. The summed E-state index contributed by atoms with van der Waals surface area (Å²) in [5.41, 5.74) is -1.63. The van der Waals surface area contributed by atoms with Gasteiger partial charge in [0.25, 0.3) is 0 Å². The number of hydrogen-bond donors (Lipinski definition) is 2. The third-order valence-electron chi connectivity index (χ3n) is 3.81. The van der Waals surface area contributed by atoms with Crippen molar-refractivity contribution >= 4 is 12.0 Å². The highest BCUT2D eigenvalue weighted by Gasteiger charge is 2.43. The highest BCUT2D eigenvalue weighted by Crippen LogP contribution is 2.37. The van der Waals surface area contributed by atoms with Crippen LogP contribution in [0.25, 0.3) is 0 Å². The van der Waals surface area contributed by atoms with Crippen LogP contribution in [-0.2, 0) is 4.79 Å². The van der Waals surface area contributed by atoms with E-state index in [0.29, 0.717) is 19.5 Å². The summed E-state index contributed by atoms with van der Waals surface area (Å²) in [6, 6.07) is 1.66. The normalized spacial score (nSPS) is 30.5. The molecule has 1 aliphatic heterocycles. The third-order valence-corrected chi connectivity index (χ3v) is 3.81. The lowest BCUT2D eigenvalue weighted by Crippen LogP contribution is -2.55. The summed E-state index contributed by atoms with van der Waals surface area (Å²) in [5.74, 6) is -1.77. The third kappa shape index (κ3) is 2.95. The molecule has 1 heterocycles. The van der Waals surface area contributed by atoms with E-state index in [0.717, 1.165) is 0 Å². The van der Waals surface area contributed by atoms with E-state index in [-0.39, 0.29) is 31.3 Å². The number of carbonyl (C=O) groups is 2. The fourth-order valence-electron chi connectivity index (χ4n) is 2.52. The molecule has 7 heteroatoms. The molecule has 2 N–H and O–H groups in total. The zero-order valence-corrected chi connectivity index (χ0v) is 10.4. The highest BCUT2D eigenvalue weighted by atomic mass is 19.1. The van der Waals surface area contributed by atoms with Gasteiger partial charge in [-0.15, -0.1) is 0 Å². The van der Waals surface area contributed by atoms with Crippen LogP contribution in [0.15, 0.2) is 0 Å². The molecule has 0 aromatic carbocycles. The second-order valence-corrected chi connectivity index (χ2v) is 5.32. The molecule has 2 fully saturated rings. The first-order chi connectivity index (χ1) is 8.93. The summed E-state index contributed by atoms with van der Waals surface area (Å²) in [6.45, 7) is 0.585. The van der Waals surface area contributed by atoms with Crippen LogP contribution in [0.1, 0.15) is 19.3 Å². The van der Waals surface area contributed by atoms with Crippen LogP contribution < -0.4 is 5.32 Å². The fourth-order valence-corrected chi connectivity index (χ4v) is 2.52. The Kier molecular flexibility index (Phi) is 3.60. The molecule has 2 aliphatic rings. The van der Waals surface area contributed by atoms with E-state index in [2.05, 4.69) is 5.32 Å². The molecule has 0 bridgehead atoms. The molecule has 2 rings (SSSR count). The molecule has 0 spiro atoms. The van der Waals surface area contributed by atoms with Crippen molar-refractivity contribution in [1.82, 2.24) is 10.2 Å². The molecule has 0 aromatic rings. The lowest BCUT2D eigenvalue weighted by molar-refractivity contribution is -0.141. The van der Waals surface area contributed by atoms with Gasteiger partial charge in [-0.25, -0.2) is 9.18 Å². The van der Waals surface area contributed by atoms with Crippen molar-refractivity contribution in [3.8, 4) is 6.07 Å². The zero-order chi connectivity index (χ0) is 14.0. The summed E-state index contributed by atoms with van der Waals surface area (Å²) in [7, 11) is 0. The Morgan fingerprint density at radius 1 is 1.53 bits per heavy atom. The average Bonchev–Trinajstić information content (AvgIpc) is 2.69. The minimum atomic E-state index is -1.63. The topological polar surface area (TPSA) is 93.4 Å². The number of nitrogens with zero attached hydrogens (tertiary/aromatic N) is 2. The number of urea groups is 1. The van der Waals surface area contributed by atoms with Gasteiger partial charge in [0.1, 0.15) is 5.67 Å². The smallest absolute Gasteiger partial charge is 0.317 e. The van der Waals surface area contributed by atoms with Gasteiger partial charge >= 0.3 is 12.0 Å². The summed E-state index contributed by atoms with van der Waals surface area (Å²) >= 11 is 0. The number of carbonyl (C=O) groups excluding carboxylic acids is 1. The van der Waals surface area contributed by atoms with Crippen molar-refractivity contribution in [1.29, 1.82) is 5.26 Å². The Bertz CT molecular complexity index is 430. The molecular weight excluding hydrogens is 253 g/mol. The van der Waals surface area contributed by atoms with Crippen molar-refractivity contribution in [3.63, 3.8) is 0 Å². The molecule has 2 atom stereocenters. The molecule has 0 aromatic heterocycles. The highest BCUT2D eigenvalue weighted by molar-refractivity contribution is 5.75. The van der Waals surface area contributed by atoms with Gasteiger partial charge in [-0.05, 0) is 19.3 Å².